The molecule has 1 N–H and O–H groups in total. The Hall–Kier alpha value is -1.47. The van der Waals surface area contributed by atoms with Gasteiger partial charge in [-0.1, -0.05) is 25.4 Å². The van der Waals surface area contributed by atoms with Gasteiger partial charge in [-0.15, -0.1) is 0 Å². The quantitative estimate of drug-likeness (QED) is 0.769. The molecule has 0 saturated carbocycles. The maximum Gasteiger partial charge on any atom is 0.232 e. The Balaban J connectivity index is 2.91. The predicted molar refractivity (Wildman–Crippen MR) is 92.7 cm³/mol. The second kappa shape index (κ2) is 8.40. The number of ether oxygens (including phenoxy) is 1. The van der Waals surface area contributed by atoms with Gasteiger partial charge in [-0.3, -0.25) is 9.10 Å². The Morgan fingerprint density at radius 2 is 2.04 bits per heavy atom. The maximum atomic E-state index is 12.1. The van der Waals surface area contributed by atoms with Crippen LogP contribution in [0.1, 0.15) is 20.3 Å². The molecule has 1 aromatic carbocycles. The molecule has 1 aromatic rings. The van der Waals surface area contributed by atoms with Gasteiger partial charge in [-0.25, -0.2) is 8.42 Å². The van der Waals surface area contributed by atoms with Crippen LogP contribution in [-0.2, 0) is 14.8 Å². The molecule has 0 unspecified atom stereocenters. The van der Waals surface area contributed by atoms with E-state index in [1.54, 1.807) is 12.1 Å². The van der Waals surface area contributed by atoms with Crippen LogP contribution in [0.3, 0.4) is 0 Å². The first kappa shape index (κ1) is 19.6. The average molecular weight is 363 g/mol. The van der Waals surface area contributed by atoms with E-state index in [0.717, 1.165) is 6.26 Å². The Bertz CT molecular complexity index is 647. The van der Waals surface area contributed by atoms with Crippen LogP contribution in [-0.4, -0.2) is 40.8 Å². The lowest BCUT2D eigenvalue weighted by atomic mass is 10.1. The summed E-state index contributed by atoms with van der Waals surface area (Å²) in [6.07, 6.45) is 1.50. The molecule has 0 heterocycles. The summed E-state index contributed by atoms with van der Waals surface area (Å²) in [6, 6.07) is 4.75. The van der Waals surface area contributed by atoms with Crippen molar-refractivity contribution < 1.29 is 17.9 Å². The van der Waals surface area contributed by atoms with Gasteiger partial charge in [0.25, 0.3) is 0 Å². The van der Waals surface area contributed by atoms with Crippen LogP contribution in [0.5, 0.6) is 5.75 Å². The summed E-state index contributed by atoms with van der Waals surface area (Å²) in [7, 11) is -2.09. The SMILES string of the molecule is COc1ccc(Cl)cc1N(CCNC(=O)CC(C)C)S(C)(=O)=O. The summed E-state index contributed by atoms with van der Waals surface area (Å²) < 4.78 is 30.5. The van der Waals surface area contributed by atoms with E-state index in [9.17, 15) is 13.2 Å². The minimum absolute atomic E-state index is 0.0966. The summed E-state index contributed by atoms with van der Waals surface area (Å²) in [5.41, 5.74) is 0.348. The number of carbonyl (C=O) groups excluding carboxylic acids is 1. The van der Waals surface area contributed by atoms with Crippen molar-refractivity contribution in [1.29, 1.82) is 0 Å². The lowest BCUT2D eigenvalue weighted by Gasteiger charge is -2.24. The van der Waals surface area contributed by atoms with Crippen molar-refractivity contribution in [2.45, 2.75) is 20.3 Å². The molecular weight excluding hydrogens is 340 g/mol. The van der Waals surface area contributed by atoms with E-state index in [2.05, 4.69) is 5.32 Å². The number of sulfonamides is 1. The highest BCUT2D eigenvalue weighted by molar-refractivity contribution is 7.92. The number of nitrogens with one attached hydrogen (secondary N) is 1. The van der Waals surface area contributed by atoms with Crippen LogP contribution in [0.4, 0.5) is 5.69 Å². The molecule has 0 spiro atoms. The van der Waals surface area contributed by atoms with Crippen LogP contribution in [0, 0.1) is 5.92 Å². The van der Waals surface area contributed by atoms with Crippen molar-refractivity contribution in [2.24, 2.45) is 5.92 Å². The van der Waals surface area contributed by atoms with Gasteiger partial charge in [0, 0.05) is 18.0 Å². The molecule has 0 aliphatic heterocycles. The smallest absolute Gasteiger partial charge is 0.232 e. The highest BCUT2D eigenvalue weighted by Gasteiger charge is 2.21. The Labute approximate surface area is 142 Å². The number of halogens is 1. The summed E-state index contributed by atoms with van der Waals surface area (Å²) in [5, 5.41) is 3.12. The van der Waals surface area contributed by atoms with Gasteiger partial charge in [-0.05, 0) is 24.1 Å². The summed E-state index contributed by atoms with van der Waals surface area (Å²) >= 11 is 5.96. The number of nitrogens with zero attached hydrogens (tertiary/aromatic N) is 1. The molecule has 0 aromatic heterocycles. The van der Waals surface area contributed by atoms with Gasteiger partial charge in [0.15, 0.2) is 0 Å². The van der Waals surface area contributed by atoms with Crippen molar-refractivity contribution in [3.05, 3.63) is 23.2 Å². The zero-order valence-electron chi connectivity index (χ0n) is 13.8. The average Bonchev–Trinajstić information content (AvgIpc) is 2.41. The molecule has 0 atom stereocenters. The molecule has 0 aliphatic carbocycles. The van der Waals surface area contributed by atoms with Crippen LogP contribution < -0.4 is 14.4 Å². The van der Waals surface area contributed by atoms with E-state index in [0.29, 0.717) is 22.9 Å². The van der Waals surface area contributed by atoms with E-state index in [1.165, 1.54) is 17.5 Å². The minimum atomic E-state index is -3.54. The number of benzene rings is 1. The third kappa shape index (κ3) is 6.27. The standard InChI is InChI=1S/C15H23ClN2O4S/c1-11(2)9-15(19)17-7-8-18(23(4,20)21)13-10-12(16)5-6-14(13)22-3/h5-6,10-11H,7-9H2,1-4H3,(H,17,19). The molecule has 0 bridgehead atoms. The fourth-order valence-corrected chi connectivity index (χ4v) is 3.15. The first-order chi connectivity index (χ1) is 10.6. The molecule has 23 heavy (non-hydrogen) atoms. The Kier molecular flexibility index (Phi) is 7.15. The zero-order chi connectivity index (χ0) is 17.6. The van der Waals surface area contributed by atoms with Crippen LogP contribution >= 0.6 is 11.6 Å². The summed E-state index contributed by atoms with van der Waals surface area (Å²) in [5.74, 6) is 0.536. The van der Waals surface area contributed by atoms with Crippen molar-refractivity contribution in [3.63, 3.8) is 0 Å². The summed E-state index contributed by atoms with van der Waals surface area (Å²) in [4.78, 5) is 11.7. The number of hydrogen-bond donors (Lipinski definition) is 1. The first-order valence-corrected chi connectivity index (χ1v) is 9.45. The van der Waals surface area contributed by atoms with Gasteiger partial charge in [0.05, 0.1) is 25.6 Å². The number of rotatable bonds is 8. The van der Waals surface area contributed by atoms with E-state index >= 15 is 0 Å². The molecular formula is C15H23ClN2O4S. The number of carbonyl (C=O) groups is 1. The molecule has 1 amide bonds. The fraction of sp³-hybridized carbons (Fsp3) is 0.533. The second-order valence-electron chi connectivity index (χ2n) is 5.60. The number of amides is 1. The van der Waals surface area contributed by atoms with Gasteiger partial charge in [0.1, 0.15) is 5.75 Å². The van der Waals surface area contributed by atoms with Crippen molar-refractivity contribution >= 4 is 33.2 Å². The second-order valence-corrected chi connectivity index (χ2v) is 7.94. The molecule has 6 nitrogen and oxygen atoms in total. The predicted octanol–water partition coefficient (Wildman–Crippen LogP) is 2.28. The van der Waals surface area contributed by atoms with E-state index in [4.69, 9.17) is 16.3 Å². The van der Waals surface area contributed by atoms with Gasteiger partial charge in [0.2, 0.25) is 15.9 Å². The molecule has 8 heteroatoms. The van der Waals surface area contributed by atoms with E-state index in [-0.39, 0.29) is 24.9 Å². The topological polar surface area (TPSA) is 75.7 Å². The van der Waals surface area contributed by atoms with Crippen molar-refractivity contribution in [3.8, 4) is 5.75 Å². The van der Waals surface area contributed by atoms with E-state index < -0.39 is 10.0 Å². The maximum absolute atomic E-state index is 12.1. The Morgan fingerprint density at radius 3 is 2.57 bits per heavy atom. The zero-order valence-corrected chi connectivity index (χ0v) is 15.4. The van der Waals surface area contributed by atoms with Crippen LogP contribution in [0.15, 0.2) is 18.2 Å². The number of hydrogen-bond acceptors (Lipinski definition) is 4. The normalized spacial score (nSPS) is 11.4. The molecule has 0 radical (unpaired) electrons. The third-order valence-electron chi connectivity index (χ3n) is 3.04. The minimum Gasteiger partial charge on any atom is -0.495 e. The number of methoxy groups -OCH3 is 1. The largest absolute Gasteiger partial charge is 0.495 e. The highest BCUT2D eigenvalue weighted by Crippen LogP contribution is 2.32. The lowest BCUT2D eigenvalue weighted by molar-refractivity contribution is -0.121. The lowest BCUT2D eigenvalue weighted by Crippen LogP contribution is -2.38. The number of anilines is 1. The molecule has 1 rings (SSSR count). The molecule has 130 valence electrons. The third-order valence-corrected chi connectivity index (χ3v) is 4.46. The fourth-order valence-electron chi connectivity index (χ4n) is 2.06. The molecule has 0 aliphatic rings. The molecule has 0 fully saturated rings. The van der Waals surface area contributed by atoms with Crippen molar-refractivity contribution in [2.75, 3.05) is 30.8 Å². The van der Waals surface area contributed by atoms with Gasteiger partial charge in [-0.2, -0.15) is 0 Å². The summed E-state index contributed by atoms with van der Waals surface area (Å²) in [6.45, 7) is 4.19. The highest BCUT2D eigenvalue weighted by atomic mass is 35.5. The first-order valence-electron chi connectivity index (χ1n) is 7.23. The molecule has 0 saturated heterocycles. The van der Waals surface area contributed by atoms with Crippen LogP contribution in [0.2, 0.25) is 5.02 Å². The van der Waals surface area contributed by atoms with Crippen LogP contribution in [0.25, 0.3) is 0 Å². The monoisotopic (exact) mass is 362 g/mol. The van der Waals surface area contributed by atoms with Crippen molar-refractivity contribution in [1.82, 2.24) is 5.32 Å². The Morgan fingerprint density at radius 1 is 1.39 bits per heavy atom. The van der Waals surface area contributed by atoms with Gasteiger partial charge < -0.3 is 10.1 Å². The van der Waals surface area contributed by atoms with E-state index in [1.807, 2.05) is 13.8 Å². The van der Waals surface area contributed by atoms with Gasteiger partial charge >= 0.3 is 0 Å².